The number of benzene rings is 1. The average molecular weight is 270 g/mol. The van der Waals surface area contributed by atoms with Crippen molar-refractivity contribution in [1.82, 2.24) is 0 Å². The predicted octanol–water partition coefficient (Wildman–Crippen LogP) is 2.26. The van der Waals surface area contributed by atoms with Crippen LogP contribution < -0.4 is 5.30 Å². The molecule has 0 aliphatic carbocycles. The molecule has 1 aromatic rings. The summed E-state index contributed by atoms with van der Waals surface area (Å²) in [6.45, 7) is 3.51. The summed E-state index contributed by atoms with van der Waals surface area (Å²) in [4.78, 5) is 20.6. The van der Waals surface area contributed by atoms with Gasteiger partial charge in [0.2, 0.25) is 7.37 Å². The molecular formula is C13H19O4P. The number of carbonyl (C=O) groups is 1. The van der Waals surface area contributed by atoms with Gasteiger partial charge in [0.15, 0.2) is 0 Å². The molecular weight excluding hydrogens is 251 g/mol. The first-order valence-corrected chi connectivity index (χ1v) is 7.85. The molecule has 0 amide bonds. The second-order valence-electron chi connectivity index (χ2n) is 4.54. The number of hydrogen-bond donors (Lipinski definition) is 2. The standard InChI is InChI=1S/C13H19O4P/c1-3-4-11-5-7-12(8-6-11)18(16,17)9-10(2)13(14)15/h5-8,10H,3-4,9H2,1-2H3,(H,14,15)(H,16,17). The van der Waals surface area contributed by atoms with Crippen LogP contribution in [-0.4, -0.2) is 22.1 Å². The normalized spacial score (nSPS) is 15.9. The maximum atomic E-state index is 12.1. The second-order valence-corrected chi connectivity index (χ2v) is 6.82. The van der Waals surface area contributed by atoms with Gasteiger partial charge in [-0.25, -0.2) is 0 Å². The van der Waals surface area contributed by atoms with E-state index in [2.05, 4.69) is 6.92 Å². The first kappa shape index (κ1) is 14.9. The van der Waals surface area contributed by atoms with E-state index in [1.807, 2.05) is 12.1 Å². The lowest BCUT2D eigenvalue weighted by atomic mass is 10.1. The topological polar surface area (TPSA) is 74.6 Å². The van der Waals surface area contributed by atoms with E-state index in [-0.39, 0.29) is 6.16 Å². The fraction of sp³-hybridized carbons (Fsp3) is 0.462. The van der Waals surface area contributed by atoms with Crippen molar-refractivity contribution in [3.8, 4) is 0 Å². The van der Waals surface area contributed by atoms with E-state index in [9.17, 15) is 14.3 Å². The smallest absolute Gasteiger partial charge is 0.306 e. The Kier molecular flexibility index (Phi) is 5.12. The number of carboxylic acid groups (broad SMARTS) is 1. The average Bonchev–Trinajstić information content (AvgIpc) is 2.29. The van der Waals surface area contributed by atoms with Crippen molar-refractivity contribution < 1.29 is 19.4 Å². The summed E-state index contributed by atoms with van der Waals surface area (Å²) in [5.41, 5.74) is 1.12. The fourth-order valence-electron chi connectivity index (χ4n) is 1.74. The number of aryl methyl sites for hydroxylation is 1. The summed E-state index contributed by atoms with van der Waals surface area (Å²) in [5.74, 6) is -1.87. The van der Waals surface area contributed by atoms with Crippen LogP contribution in [0.25, 0.3) is 0 Å². The van der Waals surface area contributed by atoms with Crippen LogP contribution >= 0.6 is 7.37 Å². The number of aliphatic carboxylic acids is 1. The lowest BCUT2D eigenvalue weighted by Gasteiger charge is -2.14. The zero-order valence-corrected chi connectivity index (χ0v) is 11.6. The van der Waals surface area contributed by atoms with E-state index in [4.69, 9.17) is 5.11 Å². The molecule has 2 atom stereocenters. The van der Waals surface area contributed by atoms with E-state index >= 15 is 0 Å². The van der Waals surface area contributed by atoms with Crippen molar-refractivity contribution in [2.45, 2.75) is 26.7 Å². The monoisotopic (exact) mass is 270 g/mol. The van der Waals surface area contributed by atoms with Crippen molar-refractivity contribution in [3.05, 3.63) is 29.8 Å². The van der Waals surface area contributed by atoms with Crippen molar-refractivity contribution in [1.29, 1.82) is 0 Å². The van der Waals surface area contributed by atoms with Crippen LogP contribution in [0.1, 0.15) is 25.8 Å². The lowest BCUT2D eigenvalue weighted by Crippen LogP contribution is -2.18. The van der Waals surface area contributed by atoms with E-state index in [0.717, 1.165) is 18.4 Å². The highest BCUT2D eigenvalue weighted by Gasteiger charge is 2.27. The summed E-state index contributed by atoms with van der Waals surface area (Å²) in [5, 5.41) is 9.10. The Bertz CT molecular complexity index is 453. The predicted molar refractivity (Wildman–Crippen MR) is 71.6 cm³/mol. The van der Waals surface area contributed by atoms with Crippen molar-refractivity contribution >= 4 is 18.6 Å². The van der Waals surface area contributed by atoms with Crippen LogP contribution in [0, 0.1) is 5.92 Å². The fourth-order valence-corrected chi connectivity index (χ4v) is 3.46. The van der Waals surface area contributed by atoms with Gasteiger partial charge in [-0.1, -0.05) is 32.4 Å². The minimum absolute atomic E-state index is 0.227. The van der Waals surface area contributed by atoms with E-state index in [1.165, 1.54) is 6.92 Å². The lowest BCUT2D eigenvalue weighted by molar-refractivity contribution is -0.140. The maximum Gasteiger partial charge on any atom is 0.306 e. The molecule has 1 rings (SSSR count). The van der Waals surface area contributed by atoms with E-state index in [1.54, 1.807) is 12.1 Å². The third-order valence-corrected chi connectivity index (χ3v) is 4.97. The molecule has 0 bridgehead atoms. The second kappa shape index (κ2) is 6.17. The summed E-state index contributed by atoms with van der Waals surface area (Å²) in [7, 11) is -3.57. The summed E-state index contributed by atoms with van der Waals surface area (Å²) >= 11 is 0. The minimum atomic E-state index is -3.57. The largest absolute Gasteiger partial charge is 0.481 e. The molecule has 5 heteroatoms. The van der Waals surface area contributed by atoms with Gasteiger partial charge in [-0.05, 0) is 24.1 Å². The Hall–Kier alpha value is -1.12. The number of carboxylic acids is 1. The Morgan fingerprint density at radius 2 is 1.89 bits per heavy atom. The van der Waals surface area contributed by atoms with Gasteiger partial charge in [-0.15, -0.1) is 0 Å². The van der Waals surface area contributed by atoms with E-state index < -0.39 is 19.3 Å². The highest BCUT2D eigenvalue weighted by atomic mass is 31.2. The molecule has 1 aromatic carbocycles. The quantitative estimate of drug-likeness (QED) is 0.777. The van der Waals surface area contributed by atoms with Crippen molar-refractivity contribution in [2.24, 2.45) is 5.92 Å². The summed E-state index contributed by atoms with van der Waals surface area (Å²) < 4.78 is 12.1. The highest BCUT2D eigenvalue weighted by molar-refractivity contribution is 7.66. The number of rotatable bonds is 6. The SMILES string of the molecule is CCCc1ccc(P(=O)(O)CC(C)C(=O)O)cc1. The first-order chi connectivity index (χ1) is 8.36. The van der Waals surface area contributed by atoms with Gasteiger partial charge in [-0.2, -0.15) is 0 Å². The molecule has 2 N–H and O–H groups in total. The maximum absolute atomic E-state index is 12.1. The molecule has 0 heterocycles. The number of hydrogen-bond acceptors (Lipinski definition) is 2. The van der Waals surface area contributed by atoms with Crippen LogP contribution in [0.3, 0.4) is 0 Å². The van der Waals surface area contributed by atoms with Gasteiger partial charge in [0.25, 0.3) is 0 Å². The van der Waals surface area contributed by atoms with Gasteiger partial charge >= 0.3 is 5.97 Å². The molecule has 0 radical (unpaired) electrons. The molecule has 2 unspecified atom stereocenters. The molecule has 0 aromatic heterocycles. The van der Waals surface area contributed by atoms with Crippen LogP contribution in [-0.2, 0) is 15.8 Å². The van der Waals surface area contributed by atoms with Gasteiger partial charge in [-0.3, -0.25) is 9.36 Å². The summed E-state index contributed by atoms with van der Waals surface area (Å²) in [6, 6.07) is 6.90. The Morgan fingerprint density at radius 3 is 2.33 bits per heavy atom. The third-order valence-electron chi connectivity index (χ3n) is 2.82. The van der Waals surface area contributed by atoms with Gasteiger partial charge in [0, 0.05) is 11.5 Å². The minimum Gasteiger partial charge on any atom is -0.481 e. The molecule has 0 fully saturated rings. The van der Waals surface area contributed by atoms with Crippen LogP contribution in [0.4, 0.5) is 0 Å². The van der Waals surface area contributed by atoms with Crippen molar-refractivity contribution in [2.75, 3.05) is 6.16 Å². The molecule has 100 valence electrons. The molecule has 0 spiro atoms. The molecule has 18 heavy (non-hydrogen) atoms. The zero-order valence-electron chi connectivity index (χ0n) is 10.7. The van der Waals surface area contributed by atoms with Crippen molar-refractivity contribution in [3.63, 3.8) is 0 Å². The van der Waals surface area contributed by atoms with Gasteiger partial charge in [0.05, 0.1) is 5.92 Å². The molecule has 0 aliphatic heterocycles. The summed E-state index contributed by atoms with van der Waals surface area (Å²) in [6.07, 6.45) is 1.73. The molecule has 0 saturated heterocycles. The Morgan fingerprint density at radius 1 is 1.33 bits per heavy atom. The Labute approximate surface area is 107 Å². The first-order valence-electron chi connectivity index (χ1n) is 6.01. The molecule has 0 aliphatic rings. The van der Waals surface area contributed by atoms with Gasteiger partial charge < -0.3 is 10.00 Å². The van der Waals surface area contributed by atoms with E-state index in [0.29, 0.717) is 5.30 Å². The third kappa shape index (κ3) is 3.97. The van der Waals surface area contributed by atoms with Crippen LogP contribution in [0.5, 0.6) is 0 Å². The molecule has 0 saturated carbocycles. The zero-order chi connectivity index (χ0) is 13.8. The highest BCUT2D eigenvalue weighted by Crippen LogP contribution is 2.41. The van der Waals surface area contributed by atoms with Gasteiger partial charge in [0.1, 0.15) is 0 Å². The Balaban J connectivity index is 2.84. The molecule has 4 nitrogen and oxygen atoms in total. The van der Waals surface area contributed by atoms with Crippen LogP contribution in [0.2, 0.25) is 0 Å². The van der Waals surface area contributed by atoms with Crippen LogP contribution in [0.15, 0.2) is 24.3 Å².